The predicted molar refractivity (Wildman–Crippen MR) is 83.1 cm³/mol. The molecule has 0 heterocycles. The Hall–Kier alpha value is -1.10. The normalized spacial score (nSPS) is 22.8. The number of nitrogens with one attached hydrogen (secondary N) is 1. The van der Waals surface area contributed by atoms with Gasteiger partial charge in [-0.1, -0.05) is 12.8 Å². The first kappa shape index (κ1) is 18.0. The lowest BCUT2D eigenvalue weighted by atomic mass is 9.79. The van der Waals surface area contributed by atoms with Crippen LogP contribution in [0.1, 0.15) is 53.4 Å². The fraction of sp³-hybridized carbons (Fsp3) is 0.875. The molecule has 21 heavy (non-hydrogen) atoms. The highest BCUT2D eigenvalue weighted by molar-refractivity contribution is 5.84. The van der Waals surface area contributed by atoms with Crippen molar-refractivity contribution in [1.29, 1.82) is 0 Å². The lowest BCUT2D eigenvalue weighted by molar-refractivity contribution is -0.148. The summed E-state index contributed by atoms with van der Waals surface area (Å²) in [4.78, 5) is 25.8. The first-order valence-electron chi connectivity index (χ1n) is 8.10. The van der Waals surface area contributed by atoms with Crippen molar-refractivity contribution in [3.8, 4) is 0 Å². The number of hydrogen-bond acceptors (Lipinski definition) is 3. The van der Waals surface area contributed by atoms with Crippen molar-refractivity contribution in [2.75, 3.05) is 13.1 Å². The molecule has 0 aromatic heterocycles. The van der Waals surface area contributed by atoms with Gasteiger partial charge in [0.1, 0.15) is 0 Å². The topological polar surface area (TPSA) is 69.6 Å². The first-order valence-corrected chi connectivity index (χ1v) is 8.10. The molecule has 0 radical (unpaired) electrons. The summed E-state index contributed by atoms with van der Waals surface area (Å²) in [5, 5.41) is 12.2. The van der Waals surface area contributed by atoms with Crippen LogP contribution in [0, 0.1) is 11.8 Å². The van der Waals surface area contributed by atoms with Crippen LogP contribution in [0.3, 0.4) is 0 Å². The number of aliphatic carboxylic acids is 1. The molecule has 1 fully saturated rings. The van der Waals surface area contributed by atoms with Crippen LogP contribution in [0.5, 0.6) is 0 Å². The molecule has 1 amide bonds. The van der Waals surface area contributed by atoms with E-state index in [2.05, 4.69) is 37.9 Å². The van der Waals surface area contributed by atoms with Crippen molar-refractivity contribution >= 4 is 11.9 Å². The molecule has 1 aliphatic carbocycles. The maximum absolute atomic E-state index is 12.2. The average Bonchev–Trinajstić information content (AvgIpc) is 2.42. The Bertz CT molecular complexity index is 347. The zero-order valence-corrected chi connectivity index (χ0v) is 13.8. The predicted octanol–water partition coefficient (Wildman–Crippen LogP) is 2.11. The smallest absolute Gasteiger partial charge is 0.307 e. The van der Waals surface area contributed by atoms with Crippen LogP contribution >= 0.6 is 0 Å². The summed E-state index contributed by atoms with van der Waals surface area (Å²) in [6.07, 6.45) is 3.18. The van der Waals surface area contributed by atoms with Crippen LogP contribution in [0.2, 0.25) is 0 Å². The van der Waals surface area contributed by atoms with Crippen LogP contribution in [0.25, 0.3) is 0 Å². The monoisotopic (exact) mass is 298 g/mol. The Balaban J connectivity index is 2.47. The molecule has 1 saturated carbocycles. The van der Waals surface area contributed by atoms with E-state index < -0.39 is 11.9 Å². The fourth-order valence-electron chi connectivity index (χ4n) is 3.29. The van der Waals surface area contributed by atoms with Crippen LogP contribution < -0.4 is 5.32 Å². The van der Waals surface area contributed by atoms with Crippen molar-refractivity contribution in [2.45, 2.75) is 65.5 Å². The number of rotatable bonds is 7. The lowest BCUT2D eigenvalue weighted by Gasteiger charge is -2.31. The Labute approximate surface area is 128 Å². The molecule has 0 saturated heterocycles. The zero-order valence-electron chi connectivity index (χ0n) is 13.8. The van der Waals surface area contributed by atoms with Gasteiger partial charge in [-0.05, 0) is 40.5 Å². The van der Waals surface area contributed by atoms with E-state index in [1.807, 2.05) is 0 Å². The second-order valence-corrected chi connectivity index (χ2v) is 6.55. The van der Waals surface area contributed by atoms with Crippen molar-refractivity contribution in [1.82, 2.24) is 10.2 Å². The van der Waals surface area contributed by atoms with Gasteiger partial charge >= 0.3 is 5.97 Å². The number of amides is 1. The second kappa shape index (κ2) is 8.37. The highest BCUT2D eigenvalue weighted by atomic mass is 16.4. The molecule has 2 N–H and O–H groups in total. The number of carbonyl (C=O) groups excluding carboxylic acids is 1. The highest BCUT2D eigenvalue weighted by Crippen LogP contribution is 2.30. The minimum Gasteiger partial charge on any atom is -0.481 e. The molecule has 0 aromatic rings. The largest absolute Gasteiger partial charge is 0.481 e. The maximum atomic E-state index is 12.2. The van der Waals surface area contributed by atoms with Gasteiger partial charge in [0.25, 0.3) is 0 Å². The molecule has 0 bridgehead atoms. The molecule has 0 spiro atoms. The summed E-state index contributed by atoms with van der Waals surface area (Å²) >= 11 is 0. The van der Waals surface area contributed by atoms with Gasteiger partial charge in [-0.3, -0.25) is 14.5 Å². The molecular weight excluding hydrogens is 268 g/mol. The number of carbonyl (C=O) groups is 2. The number of nitrogens with zero attached hydrogens (tertiary/aromatic N) is 1. The molecule has 1 aliphatic rings. The maximum Gasteiger partial charge on any atom is 0.307 e. The van der Waals surface area contributed by atoms with Crippen LogP contribution in [-0.2, 0) is 9.59 Å². The third-order valence-electron chi connectivity index (χ3n) is 4.42. The van der Waals surface area contributed by atoms with Gasteiger partial charge in [-0.15, -0.1) is 0 Å². The van der Waals surface area contributed by atoms with Gasteiger partial charge in [0.15, 0.2) is 0 Å². The standard InChI is InChI=1S/C16H30N2O3/c1-11(2)18(12(3)4)10-9-17-15(19)13-7-5-6-8-14(13)16(20)21/h11-14H,5-10H2,1-4H3,(H,17,19)(H,20,21)/t13-,14+/m1/s1. The fourth-order valence-corrected chi connectivity index (χ4v) is 3.29. The Morgan fingerprint density at radius 3 is 2.10 bits per heavy atom. The molecule has 0 unspecified atom stereocenters. The SMILES string of the molecule is CC(C)N(CCNC(=O)[C@@H]1CCCC[C@@H]1C(=O)O)C(C)C. The summed E-state index contributed by atoms with van der Waals surface area (Å²) in [6.45, 7) is 9.95. The Kier molecular flexibility index (Phi) is 7.15. The molecule has 1 rings (SSSR count). The Morgan fingerprint density at radius 1 is 1.10 bits per heavy atom. The van der Waals surface area contributed by atoms with Crippen LogP contribution in [-0.4, -0.2) is 47.1 Å². The summed E-state index contributed by atoms with van der Waals surface area (Å²) in [7, 11) is 0. The van der Waals surface area contributed by atoms with Gasteiger partial charge in [0.05, 0.1) is 11.8 Å². The van der Waals surface area contributed by atoms with Gasteiger partial charge in [0.2, 0.25) is 5.91 Å². The van der Waals surface area contributed by atoms with Gasteiger partial charge in [0, 0.05) is 25.2 Å². The van der Waals surface area contributed by atoms with Crippen LogP contribution in [0.15, 0.2) is 0 Å². The molecule has 122 valence electrons. The van der Waals surface area contributed by atoms with Crippen molar-refractivity contribution in [3.05, 3.63) is 0 Å². The molecule has 5 heteroatoms. The summed E-state index contributed by atoms with van der Waals surface area (Å²) in [5.41, 5.74) is 0. The Morgan fingerprint density at radius 2 is 1.62 bits per heavy atom. The minimum atomic E-state index is -0.833. The van der Waals surface area contributed by atoms with E-state index in [4.69, 9.17) is 0 Å². The van der Waals surface area contributed by atoms with Gasteiger partial charge in [-0.2, -0.15) is 0 Å². The summed E-state index contributed by atoms with van der Waals surface area (Å²) in [5.74, 6) is -1.79. The van der Waals surface area contributed by atoms with E-state index in [1.54, 1.807) is 0 Å². The zero-order chi connectivity index (χ0) is 16.0. The van der Waals surface area contributed by atoms with Gasteiger partial charge < -0.3 is 10.4 Å². The van der Waals surface area contributed by atoms with E-state index in [0.717, 1.165) is 19.4 Å². The first-order chi connectivity index (χ1) is 9.84. The molecule has 0 aromatic carbocycles. The molecule has 2 atom stereocenters. The third-order valence-corrected chi connectivity index (χ3v) is 4.42. The summed E-state index contributed by atoms with van der Waals surface area (Å²) in [6, 6.07) is 0.867. The highest BCUT2D eigenvalue weighted by Gasteiger charge is 2.35. The van der Waals surface area contributed by atoms with E-state index in [1.165, 1.54) is 0 Å². The lowest BCUT2D eigenvalue weighted by Crippen LogP contribution is -2.45. The minimum absolute atomic E-state index is 0.0884. The molecule has 0 aliphatic heterocycles. The average molecular weight is 298 g/mol. The van der Waals surface area contributed by atoms with E-state index in [0.29, 0.717) is 31.5 Å². The molecular formula is C16H30N2O3. The number of hydrogen-bond donors (Lipinski definition) is 2. The third kappa shape index (κ3) is 5.30. The number of carboxylic acid groups (broad SMARTS) is 1. The van der Waals surface area contributed by atoms with Gasteiger partial charge in [-0.25, -0.2) is 0 Å². The molecule has 5 nitrogen and oxygen atoms in total. The van der Waals surface area contributed by atoms with Crippen molar-refractivity contribution < 1.29 is 14.7 Å². The second-order valence-electron chi connectivity index (χ2n) is 6.55. The van der Waals surface area contributed by atoms with Crippen molar-refractivity contribution in [2.24, 2.45) is 11.8 Å². The van der Waals surface area contributed by atoms with E-state index in [9.17, 15) is 14.7 Å². The van der Waals surface area contributed by atoms with Crippen LogP contribution in [0.4, 0.5) is 0 Å². The number of carboxylic acids is 1. The summed E-state index contributed by atoms with van der Waals surface area (Å²) < 4.78 is 0. The van der Waals surface area contributed by atoms with E-state index >= 15 is 0 Å². The quantitative estimate of drug-likeness (QED) is 0.755. The van der Waals surface area contributed by atoms with Crippen molar-refractivity contribution in [3.63, 3.8) is 0 Å². The van der Waals surface area contributed by atoms with E-state index in [-0.39, 0.29) is 11.8 Å².